The Labute approximate surface area is 94.2 Å². The average molecular weight is 216 g/mol. The maximum Gasteiger partial charge on any atom is 0.126 e. The fourth-order valence-electron chi connectivity index (χ4n) is 1.78. The molecule has 1 N–H and O–H groups in total. The van der Waals surface area contributed by atoms with E-state index in [1.54, 1.807) is 25.1 Å². The third-order valence-corrected chi connectivity index (χ3v) is 2.68. The summed E-state index contributed by atoms with van der Waals surface area (Å²) in [6.45, 7) is 3.67. The lowest BCUT2D eigenvalue weighted by atomic mass is 9.99. The van der Waals surface area contributed by atoms with E-state index >= 15 is 0 Å². The van der Waals surface area contributed by atoms with Crippen LogP contribution in [-0.2, 0) is 0 Å². The molecule has 0 radical (unpaired) electrons. The van der Waals surface area contributed by atoms with Crippen LogP contribution in [0.25, 0.3) is 11.1 Å². The Hall–Kier alpha value is -1.83. The van der Waals surface area contributed by atoms with Gasteiger partial charge in [0.05, 0.1) is 0 Å². The molecule has 0 atom stereocenters. The Morgan fingerprint density at radius 2 is 1.69 bits per heavy atom. The lowest BCUT2D eigenvalue weighted by molar-refractivity contribution is 0.475. The van der Waals surface area contributed by atoms with E-state index in [2.05, 4.69) is 0 Å². The summed E-state index contributed by atoms with van der Waals surface area (Å²) >= 11 is 0. The highest BCUT2D eigenvalue weighted by molar-refractivity contribution is 5.68. The molecule has 0 unspecified atom stereocenters. The summed E-state index contributed by atoms with van der Waals surface area (Å²) < 4.78 is 13.1. The van der Waals surface area contributed by atoms with Crippen LogP contribution >= 0.6 is 0 Å². The molecule has 2 aromatic carbocycles. The Morgan fingerprint density at radius 1 is 0.938 bits per heavy atom. The molecule has 82 valence electrons. The van der Waals surface area contributed by atoms with Gasteiger partial charge in [-0.15, -0.1) is 0 Å². The van der Waals surface area contributed by atoms with E-state index in [1.807, 2.05) is 19.1 Å². The van der Waals surface area contributed by atoms with Crippen molar-refractivity contribution < 1.29 is 9.50 Å². The molecule has 16 heavy (non-hydrogen) atoms. The summed E-state index contributed by atoms with van der Waals surface area (Å²) in [5.74, 6) is 0.0558. The van der Waals surface area contributed by atoms with Gasteiger partial charge in [0.25, 0.3) is 0 Å². The van der Waals surface area contributed by atoms with E-state index in [-0.39, 0.29) is 11.6 Å². The Balaban J connectivity index is 2.54. The number of aryl methyl sites for hydroxylation is 2. The van der Waals surface area contributed by atoms with Crippen LogP contribution in [0.2, 0.25) is 0 Å². The fraction of sp³-hybridized carbons (Fsp3) is 0.143. The van der Waals surface area contributed by atoms with Gasteiger partial charge in [0.2, 0.25) is 0 Å². The molecule has 0 aromatic heterocycles. The largest absolute Gasteiger partial charge is 0.508 e. The van der Waals surface area contributed by atoms with Crippen molar-refractivity contribution in [1.82, 2.24) is 0 Å². The van der Waals surface area contributed by atoms with Crippen molar-refractivity contribution in [3.05, 3.63) is 53.3 Å². The topological polar surface area (TPSA) is 20.2 Å². The first kappa shape index (κ1) is 10.7. The zero-order valence-electron chi connectivity index (χ0n) is 9.29. The van der Waals surface area contributed by atoms with Gasteiger partial charge in [0, 0.05) is 0 Å². The molecular formula is C14H13FO. The van der Waals surface area contributed by atoms with Gasteiger partial charge in [-0.1, -0.05) is 12.1 Å². The summed E-state index contributed by atoms with van der Waals surface area (Å²) in [4.78, 5) is 0. The monoisotopic (exact) mass is 216 g/mol. The molecule has 0 fully saturated rings. The maximum atomic E-state index is 13.1. The predicted octanol–water partition coefficient (Wildman–Crippen LogP) is 3.82. The minimum atomic E-state index is -0.194. The van der Waals surface area contributed by atoms with Gasteiger partial charge >= 0.3 is 0 Å². The molecule has 0 aliphatic carbocycles. The summed E-state index contributed by atoms with van der Waals surface area (Å²) in [6.07, 6.45) is 0. The normalized spacial score (nSPS) is 10.4. The zero-order valence-corrected chi connectivity index (χ0v) is 9.29. The lowest BCUT2D eigenvalue weighted by Gasteiger charge is -2.07. The third-order valence-electron chi connectivity index (χ3n) is 2.68. The molecule has 0 amide bonds. The predicted molar refractivity (Wildman–Crippen MR) is 63.0 cm³/mol. The van der Waals surface area contributed by atoms with Crippen molar-refractivity contribution in [3.8, 4) is 16.9 Å². The van der Waals surface area contributed by atoms with Crippen LogP contribution < -0.4 is 0 Å². The number of benzene rings is 2. The summed E-state index contributed by atoms with van der Waals surface area (Å²) in [6, 6.07) is 10.2. The number of rotatable bonds is 1. The molecule has 0 aliphatic rings. The number of phenols is 1. The van der Waals surface area contributed by atoms with E-state index in [4.69, 9.17) is 0 Å². The zero-order chi connectivity index (χ0) is 11.7. The van der Waals surface area contributed by atoms with E-state index in [0.29, 0.717) is 5.56 Å². The van der Waals surface area contributed by atoms with Gasteiger partial charge in [-0.3, -0.25) is 0 Å². The molecule has 2 aromatic rings. The maximum absolute atomic E-state index is 13.1. The molecule has 0 heterocycles. The second-order valence-electron chi connectivity index (χ2n) is 3.96. The minimum absolute atomic E-state index is 0.194. The van der Waals surface area contributed by atoms with Gasteiger partial charge in [-0.25, -0.2) is 4.39 Å². The van der Waals surface area contributed by atoms with Gasteiger partial charge in [0.1, 0.15) is 11.6 Å². The fourth-order valence-corrected chi connectivity index (χ4v) is 1.78. The van der Waals surface area contributed by atoms with Crippen LogP contribution in [-0.4, -0.2) is 5.11 Å². The number of phenolic OH excluding ortho intramolecular Hbond substituents is 1. The van der Waals surface area contributed by atoms with E-state index < -0.39 is 0 Å². The summed E-state index contributed by atoms with van der Waals surface area (Å²) in [7, 11) is 0. The highest BCUT2D eigenvalue weighted by Gasteiger charge is 2.04. The van der Waals surface area contributed by atoms with Gasteiger partial charge in [-0.2, -0.15) is 0 Å². The van der Waals surface area contributed by atoms with Crippen molar-refractivity contribution in [3.63, 3.8) is 0 Å². The van der Waals surface area contributed by atoms with Gasteiger partial charge in [0.15, 0.2) is 0 Å². The van der Waals surface area contributed by atoms with Gasteiger partial charge < -0.3 is 5.11 Å². The Bertz CT molecular complexity index is 532. The number of halogens is 1. The van der Waals surface area contributed by atoms with Crippen LogP contribution in [0.1, 0.15) is 11.1 Å². The highest BCUT2D eigenvalue weighted by atomic mass is 19.1. The van der Waals surface area contributed by atoms with Crippen LogP contribution in [0.15, 0.2) is 36.4 Å². The number of hydrogen-bond acceptors (Lipinski definition) is 1. The molecule has 0 spiro atoms. The molecule has 2 heteroatoms. The molecule has 0 aliphatic heterocycles. The number of hydrogen-bond donors (Lipinski definition) is 1. The van der Waals surface area contributed by atoms with E-state index in [1.165, 1.54) is 6.07 Å². The quantitative estimate of drug-likeness (QED) is 0.768. The van der Waals surface area contributed by atoms with Crippen molar-refractivity contribution >= 4 is 0 Å². The van der Waals surface area contributed by atoms with E-state index in [0.717, 1.165) is 16.7 Å². The van der Waals surface area contributed by atoms with Gasteiger partial charge in [-0.05, 0) is 60.4 Å². The molecule has 0 saturated carbocycles. The Morgan fingerprint density at radius 3 is 2.31 bits per heavy atom. The molecule has 0 saturated heterocycles. The van der Waals surface area contributed by atoms with Crippen LogP contribution in [0.3, 0.4) is 0 Å². The molecule has 1 nitrogen and oxygen atoms in total. The van der Waals surface area contributed by atoms with Crippen LogP contribution in [0.5, 0.6) is 5.75 Å². The SMILES string of the molecule is Cc1cc(-c2ccc(O)cc2C)ccc1F. The molecule has 2 rings (SSSR count). The Kier molecular flexibility index (Phi) is 2.65. The van der Waals surface area contributed by atoms with Crippen molar-refractivity contribution in [2.24, 2.45) is 0 Å². The minimum Gasteiger partial charge on any atom is -0.508 e. The second-order valence-corrected chi connectivity index (χ2v) is 3.96. The van der Waals surface area contributed by atoms with Crippen molar-refractivity contribution in [2.75, 3.05) is 0 Å². The first-order valence-corrected chi connectivity index (χ1v) is 5.14. The summed E-state index contributed by atoms with van der Waals surface area (Å²) in [5.41, 5.74) is 3.59. The smallest absolute Gasteiger partial charge is 0.126 e. The third kappa shape index (κ3) is 1.91. The first-order valence-electron chi connectivity index (χ1n) is 5.14. The first-order chi connectivity index (χ1) is 7.58. The van der Waals surface area contributed by atoms with Crippen LogP contribution in [0, 0.1) is 19.7 Å². The number of aromatic hydroxyl groups is 1. The second kappa shape index (κ2) is 3.97. The van der Waals surface area contributed by atoms with Crippen LogP contribution in [0.4, 0.5) is 4.39 Å². The highest BCUT2D eigenvalue weighted by Crippen LogP contribution is 2.27. The van der Waals surface area contributed by atoms with E-state index in [9.17, 15) is 9.50 Å². The standard InChI is InChI=1S/C14H13FO/c1-9-8-12(16)4-5-13(9)11-3-6-14(15)10(2)7-11/h3-8,16H,1-2H3. The molecule has 0 bridgehead atoms. The summed E-state index contributed by atoms with van der Waals surface area (Å²) in [5, 5.41) is 9.32. The molecular weight excluding hydrogens is 203 g/mol. The lowest BCUT2D eigenvalue weighted by Crippen LogP contribution is -1.86. The van der Waals surface area contributed by atoms with Crippen molar-refractivity contribution in [1.29, 1.82) is 0 Å². The van der Waals surface area contributed by atoms with Crippen molar-refractivity contribution in [2.45, 2.75) is 13.8 Å². The average Bonchev–Trinajstić information content (AvgIpc) is 2.22.